The Morgan fingerprint density at radius 3 is 1.76 bits per heavy atom. The molecule has 0 aliphatic carbocycles. The fraction of sp³-hybridized carbons (Fsp3) is 0.0192. The third-order valence-electron chi connectivity index (χ3n) is 11.5. The maximum Gasteiger partial charge on any atom is 0.163 e. The molecule has 0 amide bonds. The van der Waals surface area contributed by atoms with E-state index in [0.717, 1.165) is 22.3 Å². The van der Waals surface area contributed by atoms with E-state index in [1.54, 1.807) is 0 Å². The topological polar surface area (TPSA) is 48.5 Å². The lowest BCUT2D eigenvalue weighted by atomic mass is 10.00. The third-order valence-corrected chi connectivity index (χ3v) is 12.6. The number of hydrogen-bond donors (Lipinski definition) is 0. The van der Waals surface area contributed by atoms with Crippen LogP contribution >= 0.6 is 11.3 Å². The molecule has 0 spiro atoms. The summed E-state index contributed by atoms with van der Waals surface area (Å²) in [6, 6.07) is 65.5. The van der Waals surface area contributed by atoms with Gasteiger partial charge in [-0.15, -0.1) is 11.3 Å². The highest BCUT2D eigenvalue weighted by molar-refractivity contribution is 7.25. The van der Waals surface area contributed by atoms with Crippen molar-refractivity contribution in [3.05, 3.63) is 188 Å². The Balaban J connectivity index is 1.02. The SMILES string of the molecule is Cc1nc(-c2ccccc2)nc(-c2ccc(-n3c4ccccc4c4cccc(-c5ccc6c(c5)c5ccccc5n6-c5ccc6sc7ccccc7c6c5)c43)cc2)n1. The normalized spacial score (nSPS) is 11.9. The average molecular weight is 760 g/mol. The van der Waals surface area contributed by atoms with Crippen LogP contribution in [0.25, 0.3) is 109 Å². The van der Waals surface area contributed by atoms with Crippen LogP contribution in [-0.2, 0) is 0 Å². The van der Waals surface area contributed by atoms with Crippen molar-refractivity contribution in [2.75, 3.05) is 0 Å². The van der Waals surface area contributed by atoms with Crippen molar-refractivity contribution < 1.29 is 0 Å². The molecule has 0 saturated heterocycles. The molecule has 5 nitrogen and oxygen atoms in total. The average Bonchev–Trinajstić information content (AvgIpc) is 3.94. The van der Waals surface area contributed by atoms with Gasteiger partial charge in [0.15, 0.2) is 11.6 Å². The maximum absolute atomic E-state index is 4.88. The quantitative estimate of drug-likeness (QED) is 0.176. The number of hydrogen-bond acceptors (Lipinski definition) is 4. The molecule has 8 aromatic carbocycles. The number of rotatable bonds is 5. The van der Waals surface area contributed by atoms with Gasteiger partial charge < -0.3 is 9.13 Å². The van der Waals surface area contributed by atoms with Crippen molar-refractivity contribution in [2.24, 2.45) is 0 Å². The van der Waals surface area contributed by atoms with Gasteiger partial charge in [0.2, 0.25) is 0 Å². The summed E-state index contributed by atoms with van der Waals surface area (Å²) in [6.45, 7) is 1.92. The highest BCUT2D eigenvalue weighted by Gasteiger charge is 2.19. The van der Waals surface area contributed by atoms with E-state index in [1.807, 2.05) is 48.6 Å². The smallest absolute Gasteiger partial charge is 0.163 e. The number of aromatic nitrogens is 5. The minimum atomic E-state index is 0.664. The van der Waals surface area contributed by atoms with Crippen LogP contribution in [0.2, 0.25) is 0 Å². The second-order valence-corrected chi connectivity index (χ2v) is 15.9. The van der Waals surface area contributed by atoms with E-state index in [4.69, 9.17) is 9.97 Å². The van der Waals surface area contributed by atoms with Crippen molar-refractivity contribution in [2.45, 2.75) is 6.92 Å². The highest BCUT2D eigenvalue weighted by atomic mass is 32.1. The number of para-hydroxylation sites is 3. The first-order chi connectivity index (χ1) is 28.7. The molecule has 272 valence electrons. The first-order valence-corrected chi connectivity index (χ1v) is 20.3. The van der Waals surface area contributed by atoms with E-state index in [9.17, 15) is 0 Å². The van der Waals surface area contributed by atoms with Gasteiger partial charge in [-0.1, -0.05) is 109 Å². The van der Waals surface area contributed by atoms with Gasteiger partial charge in [-0.3, -0.25) is 0 Å². The predicted octanol–water partition coefficient (Wildman–Crippen LogP) is 13.7. The summed E-state index contributed by atoms with van der Waals surface area (Å²) >= 11 is 1.86. The number of thiophene rings is 1. The summed E-state index contributed by atoms with van der Waals surface area (Å²) in [4.78, 5) is 14.3. The van der Waals surface area contributed by atoms with Gasteiger partial charge in [0.1, 0.15) is 5.82 Å². The molecular formula is C52H33N5S. The minimum absolute atomic E-state index is 0.664. The van der Waals surface area contributed by atoms with Gasteiger partial charge in [0, 0.05) is 69.8 Å². The van der Waals surface area contributed by atoms with Crippen LogP contribution in [0.3, 0.4) is 0 Å². The molecule has 12 aromatic rings. The number of nitrogens with zero attached hydrogens (tertiary/aromatic N) is 5. The van der Waals surface area contributed by atoms with Crippen LogP contribution in [0.4, 0.5) is 0 Å². The van der Waals surface area contributed by atoms with E-state index in [0.29, 0.717) is 17.5 Å². The summed E-state index contributed by atoms with van der Waals surface area (Å²) in [6.07, 6.45) is 0. The molecule has 12 rings (SSSR count). The Hall–Kier alpha value is -7.41. The molecule has 0 saturated carbocycles. The van der Waals surface area contributed by atoms with E-state index in [2.05, 4.69) is 166 Å². The third kappa shape index (κ3) is 5.05. The lowest BCUT2D eigenvalue weighted by molar-refractivity contribution is 0.991. The van der Waals surface area contributed by atoms with Crippen LogP contribution in [-0.4, -0.2) is 24.1 Å². The molecule has 0 bridgehead atoms. The molecule has 4 aromatic heterocycles. The lowest BCUT2D eigenvalue weighted by Crippen LogP contribution is -2.00. The predicted molar refractivity (Wildman–Crippen MR) is 242 cm³/mol. The van der Waals surface area contributed by atoms with Gasteiger partial charge in [0.25, 0.3) is 0 Å². The fourth-order valence-corrected chi connectivity index (χ4v) is 9.96. The van der Waals surface area contributed by atoms with Crippen LogP contribution < -0.4 is 0 Å². The maximum atomic E-state index is 4.88. The molecular weight excluding hydrogens is 727 g/mol. The standard InChI is InChI=1S/C52H33N5S/c1-32-53-51(33-12-3-2-4-13-33)55-52(54-32)34-22-25-36(26-23-34)57-46-20-9-5-14-39(46)42-18-11-17-38(50(42)57)35-24-28-47-43(30-35)40-15-6-8-19-45(40)56(47)37-27-29-49-44(31-37)41-16-7-10-21-48(41)58-49/h2-31H,1H3. The molecule has 0 atom stereocenters. The van der Waals surface area contributed by atoms with Crippen molar-refractivity contribution in [3.8, 4) is 45.3 Å². The molecule has 0 aliphatic rings. The summed E-state index contributed by atoms with van der Waals surface area (Å²) in [5, 5.41) is 7.52. The van der Waals surface area contributed by atoms with E-state index in [1.165, 1.54) is 75.1 Å². The molecule has 0 N–H and O–H groups in total. The zero-order valence-electron chi connectivity index (χ0n) is 31.5. The molecule has 0 fully saturated rings. The largest absolute Gasteiger partial charge is 0.309 e. The Kier molecular flexibility index (Phi) is 7.25. The van der Waals surface area contributed by atoms with Gasteiger partial charge >= 0.3 is 0 Å². The van der Waals surface area contributed by atoms with E-state index >= 15 is 0 Å². The second-order valence-electron chi connectivity index (χ2n) is 14.9. The monoisotopic (exact) mass is 759 g/mol. The molecule has 58 heavy (non-hydrogen) atoms. The second kappa shape index (κ2) is 12.8. The van der Waals surface area contributed by atoms with Crippen molar-refractivity contribution in [1.29, 1.82) is 0 Å². The lowest BCUT2D eigenvalue weighted by Gasteiger charge is -2.13. The summed E-state index contributed by atoms with van der Waals surface area (Å²) in [5.74, 6) is 2.03. The Morgan fingerprint density at radius 1 is 0.379 bits per heavy atom. The van der Waals surface area contributed by atoms with Gasteiger partial charge in [0.05, 0.1) is 22.1 Å². The molecule has 6 heteroatoms. The zero-order valence-corrected chi connectivity index (χ0v) is 32.3. The summed E-state index contributed by atoms with van der Waals surface area (Å²) < 4.78 is 7.46. The molecule has 0 unspecified atom stereocenters. The first-order valence-electron chi connectivity index (χ1n) is 19.5. The zero-order chi connectivity index (χ0) is 38.3. The molecule has 0 radical (unpaired) electrons. The van der Waals surface area contributed by atoms with Crippen LogP contribution in [0, 0.1) is 6.92 Å². The number of aryl methyl sites for hydroxylation is 1. The Morgan fingerprint density at radius 2 is 0.966 bits per heavy atom. The molecule has 0 aliphatic heterocycles. The van der Waals surface area contributed by atoms with Crippen LogP contribution in [0.5, 0.6) is 0 Å². The van der Waals surface area contributed by atoms with Gasteiger partial charge in [-0.2, -0.15) is 0 Å². The molecule has 4 heterocycles. The first kappa shape index (κ1) is 32.8. The van der Waals surface area contributed by atoms with E-state index in [-0.39, 0.29) is 0 Å². The van der Waals surface area contributed by atoms with Crippen molar-refractivity contribution in [1.82, 2.24) is 24.1 Å². The summed E-state index contributed by atoms with van der Waals surface area (Å²) in [5.41, 5.74) is 11.3. The summed E-state index contributed by atoms with van der Waals surface area (Å²) in [7, 11) is 0. The van der Waals surface area contributed by atoms with Crippen molar-refractivity contribution >= 4 is 75.1 Å². The van der Waals surface area contributed by atoms with E-state index < -0.39 is 0 Å². The Bertz CT molecular complexity index is 3580. The minimum Gasteiger partial charge on any atom is -0.309 e. The van der Waals surface area contributed by atoms with Crippen molar-refractivity contribution in [3.63, 3.8) is 0 Å². The number of benzene rings is 8. The van der Waals surface area contributed by atoms with Gasteiger partial charge in [-0.05, 0) is 85.3 Å². The van der Waals surface area contributed by atoms with Crippen LogP contribution in [0.1, 0.15) is 5.82 Å². The fourth-order valence-electron chi connectivity index (χ4n) is 8.88. The number of fused-ring (bicyclic) bond motifs is 9. The van der Waals surface area contributed by atoms with Crippen LogP contribution in [0.15, 0.2) is 182 Å². The highest BCUT2D eigenvalue weighted by Crippen LogP contribution is 2.42. The van der Waals surface area contributed by atoms with Gasteiger partial charge in [-0.25, -0.2) is 15.0 Å². The Labute approximate surface area is 337 Å².